The number of H-pyrrole nitrogens is 1. The van der Waals surface area contributed by atoms with Crippen molar-refractivity contribution in [3.05, 3.63) is 77.5 Å². The molecule has 2 N–H and O–H groups in total. The molecule has 2 aromatic carbocycles. The number of aromatic nitrogens is 3. The molecule has 2 aromatic heterocycles. The van der Waals surface area contributed by atoms with Gasteiger partial charge in [0.2, 0.25) is 5.91 Å². The van der Waals surface area contributed by atoms with Crippen LogP contribution in [0.5, 0.6) is 5.75 Å². The Morgan fingerprint density at radius 1 is 1.21 bits per heavy atom. The normalized spacial score (nSPS) is 15.4. The number of amides is 2. The van der Waals surface area contributed by atoms with Gasteiger partial charge < -0.3 is 19.9 Å². The van der Waals surface area contributed by atoms with Gasteiger partial charge in [-0.05, 0) is 36.4 Å². The van der Waals surface area contributed by atoms with Crippen molar-refractivity contribution >= 4 is 28.4 Å². The van der Waals surface area contributed by atoms with Gasteiger partial charge in [-0.3, -0.25) is 14.3 Å². The van der Waals surface area contributed by atoms with E-state index in [0.29, 0.717) is 34.9 Å². The summed E-state index contributed by atoms with van der Waals surface area (Å²) in [6.07, 6.45) is 1.82. The highest BCUT2D eigenvalue weighted by Gasteiger charge is 2.36. The minimum Gasteiger partial charge on any atom is -0.495 e. The number of aryl methyl sites for hydroxylation is 1. The summed E-state index contributed by atoms with van der Waals surface area (Å²) in [4.78, 5) is 31.2. The lowest BCUT2D eigenvalue weighted by Crippen LogP contribution is -2.42. The van der Waals surface area contributed by atoms with Crippen LogP contribution in [-0.4, -0.2) is 45.1 Å². The molecule has 168 valence electrons. The molecular weight excluding hydrogens is 425 g/mol. The molecule has 1 atom stereocenters. The van der Waals surface area contributed by atoms with Gasteiger partial charge in [-0.15, -0.1) is 0 Å². The molecule has 33 heavy (non-hydrogen) atoms. The molecule has 0 radical (unpaired) electrons. The number of para-hydroxylation sites is 2. The van der Waals surface area contributed by atoms with Gasteiger partial charge in [-0.2, -0.15) is 5.10 Å². The van der Waals surface area contributed by atoms with Gasteiger partial charge in [0, 0.05) is 42.8 Å². The molecule has 0 saturated carbocycles. The minimum atomic E-state index is -0.661. The van der Waals surface area contributed by atoms with Gasteiger partial charge in [-0.25, -0.2) is 4.39 Å². The lowest BCUT2D eigenvalue weighted by atomic mass is 9.95. The minimum absolute atomic E-state index is 0.160. The van der Waals surface area contributed by atoms with Crippen LogP contribution in [0.15, 0.2) is 54.7 Å². The van der Waals surface area contributed by atoms with Crippen LogP contribution >= 0.6 is 0 Å². The monoisotopic (exact) mass is 447 g/mol. The number of halogens is 1. The Morgan fingerprint density at radius 3 is 2.85 bits per heavy atom. The first-order chi connectivity index (χ1) is 15.9. The predicted octanol–water partition coefficient (Wildman–Crippen LogP) is 3.43. The van der Waals surface area contributed by atoms with Crippen LogP contribution in [-0.2, 0) is 18.4 Å². The molecule has 0 bridgehead atoms. The Kier molecular flexibility index (Phi) is 5.08. The third kappa shape index (κ3) is 3.82. The average Bonchev–Trinajstić information content (AvgIpc) is 3.40. The zero-order chi connectivity index (χ0) is 23.1. The van der Waals surface area contributed by atoms with Gasteiger partial charge in [0.15, 0.2) is 0 Å². The molecule has 0 unspecified atom stereocenters. The topological polar surface area (TPSA) is 92.3 Å². The first kappa shape index (κ1) is 20.7. The summed E-state index contributed by atoms with van der Waals surface area (Å²) in [5, 5.41) is 8.13. The Morgan fingerprint density at radius 2 is 2.03 bits per heavy atom. The smallest absolute Gasteiger partial charge is 0.270 e. The van der Waals surface area contributed by atoms with Crippen molar-refractivity contribution in [1.29, 1.82) is 0 Å². The zero-order valence-electron chi connectivity index (χ0n) is 18.1. The first-order valence-electron chi connectivity index (χ1n) is 10.5. The van der Waals surface area contributed by atoms with Gasteiger partial charge in [-0.1, -0.05) is 12.1 Å². The fourth-order valence-corrected chi connectivity index (χ4v) is 4.26. The summed E-state index contributed by atoms with van der Waals surface area (Å²) in [6.45, 7) is 0.484. The summed E-state index contributed by atoms with van der Waals surface area (Å²) in [6, 6.07) is 13.2. The van der Waals surface area contributed by atoms with Crippen molar-refractivity contribution in [3.8, 4) is 5.75 Å². The Labute approximate surface area is 189 Å². The largest absolute Gasteiger partial charge is 0.495 e. The van der Waals surface area contributed by atoms with Gasteiger partial charge in [0.05, 0.1) is 18.5 Å². The van der Waals surface area contributed by atoms with Crippen LogP contribution in [0.1, 0.15) is 27.7 Å². The van der Waals surface area contributed by atoms with Crippen LogP contribution in [0.2, 0.25) is 0 Å². The van der Waals surface area contributed by atoms with E-state index >= 15 is 0 Å². The second-order valence-corrected chi connectivity index (χ2v) is 8.06. The third-order valence-electron chi connectivity index (χ3n) is 5.81. The lowest BCUT2D eigenvalue weighted by Gasteiger charge is -2.31. The molecule has 0 fully saturated rings. The number of nitrogens with one attached hydrogen (secondary N) is 2. The molecule has 4 aromatic rings. The van der Waals surface area contributed by atoms with Crippen molar-refractivity contribution in [2.24, 2.45) is 7.05 Å². The maximum atomic E-state index is 13.6. The number of aromatic amines is 1. The summed E-state index contributed by atoms with van der Waals surface area (Å²) in [5.74, 6) is -1.05. The number of hydrogen-bond donors (Lipinski definition) is 2. The molecule has 1 aliphatic rings. The van der Waals surface area contributed by atoms with Gasteiger partial charge >= 0.3 is 0 Å². The highest BCUT2D eigenvalue weighted by atomic mass is 19.1. The van der Waals surface area contributed by atoms with E-state index in [9.17, 15) is 14.0 Å². The Balaban J connectivity index is 1.44. The lowest BCUT2D eigenvalue weighted by molar-refractivity contribution is -0.118. The number of carbonyl (C=O) groups is 2. The summed E-state index contributed by atoms with van der Waals surface area (Å²) >= 11 is 0. The van der Waals surface area contributed by atoms with E-state index in [1.807, 2.05) is 12.3 Å². The average molecular weight is 447 g/mol. The van der Waals surface area contributed by atoms with Gasteiger partial charge in [0.1, 0.15) is 23.2 Å². The number of methoxy groups -OCH3 is 1. The summed E-state index contributed by atoms with van der Waals surface area (Å²) < 4.78 is 20.5. The van der Waals surface area contributed by atoms with Crippen LogP contribution in [0.3, 0.4) is 0 Å². The van der Waals surface area contributed by atoms with E-state index in [0.717, 1.165) is 10.9 Å². The number of anilines is 1. The molecule has 3 heterocycles. The highest BCUT2D eigenvalue weighted by molar-refractivity contribution is 6.00. The van der Waals surface area contributed by atoms with Crippen LogP contribution in [0.25, 0.3) is 10.9 Å². The summed E-state index contributed by atoms with van der Waals surface area (Å²) in [7, 11) is 3.32. The number of benzene rings is 2. The molecule has 9 heteroatoms. The molecule has 1 aliphatic heterocycles. The van der Waals surface area contributed by atoms with Gasteiger partial charge in [0.25, 0.3) is 5.91 Å². The Hall–Kier alpha value is -4.14. The Bertz CT molecular complexity index is 1380. The number of fused-ring (bicyclic) bond motifs is 2. The number of nitrogens with zero attached hydrogens (tertiary/aromatic N) is 3. The molecular formula is C24H22FN5O3. The predicted molar refractivity (Wildman–Crippen MR) is 121 cm³/mol. The highest BCUT2D eigenvalue weighted by Crippen LogP contribution is 2.31. The molecule has 0 spiro atoms. The van der Waals surface area contributed by atoms with Crippen molar-refractivity contribution in [2.75, 3.05) is 19.0 Å². The number of rotatable bonds is 4. The number of ether oxygens (including phenoxy) is 1. The van der Waals surface area contributed by atoms with E-state index < -0.39 is 5.92 Å². The number of hydrogen-bond acceptors (Lipinski definition) is 4. The number of carbonyl (C=O) groups excluding carboxylic acids is 2. The molecule has 5 rings (SSSR count). The third-order valence-corrected chi connectivity index (χ3v) is 5.81. The van der Waals surface area contributed by atoms with Crippen LogP contribution in [0.4, 0.5) is 10.1 Å². The second kappa shape index (κ2) is 8.09. The molecule has 8 nitrogen and oxygen atoms in total. The summed E-state index contributed by atoms with van der Waals surface area (Å²) in [5.41, 5.74) is 2.88. The maximum Gasteiger partial charge on any atom is 0.270 e. The van der Waals surface area contributed by atoms with E-state index in [4.69, 9.17) is 4.74 Å². The van der Waals surface area contributed by atoms with Crippen molar-refractivity contribution < 1.29 is 18.7 Å². The SMILES string of the molecule is COc1ccccc1NC(=O)[C@H]1CN(C(=O)c2cc3ccc(F)cc3[nH]2)Cc2cn(C)nc21. The maximum absolute atomic E-state index is 13.6. The molecule has 0 saturated heterocycles. The quantitative estimate of drug-likeness (QED) is 0.501. The molecule has 2 amide bonds. The van der Waals surface area contributed by atoms with E-state index in [2.05, 4.69) is 15.4 Å². The fraction of sp³-hybridized carbons (Fsp3) is 0.208. The van der Waals surface area contributed by atoms with Crippen LogP contribution < -0.4 is 10.1 Å². The van der Waals surface area contributed by atoms with E-state index in [1.165, 1.54) is 19.2 Å². The van der Waals surface area contributed by atoms with Crippen molar-refractivity contribution in [3.63, 3.8) is 0 Å². The van der Waals surface area contributed by atoms with E-state index in [1.54, 1.807) is 47.0 Å². The first-order valence-corrected chi connectivity index (χ1v) is 10.5. The van der Waals surface area contributed by atoms with E-state index in [-0.39, 0.29) is 24.2 Å². The second-order valence-electron chi connectivity index (χ2n) is 8.06. The molecule has 0 aliphatic carbocycles. The zero-order valence-corrected chi connectivity index (χ0v) is 18.1. The van der Waals surface area contributed by atoms with Crippen LogP contribution in [0, 0.1) is 5.82 Å². The fourth-order valence-electron chi connectivity index (χ4n) is 4.26. The van der Waals surface area contributed by atoms with Crippen molar-refractivity contribution in [1.82, 2.24) is 19.7 Å². The van der Waals surface area contributed by atoms with Crippen molar-refractivity contribution in [2.45, 2.75) is 12.5 Å². The standard InChI is InChI=1S/C24H22FN5O3/c1-29-11-15-12-30(24(32)20-9-14-7-8-16(25)10-19(14)26-20)13-17(22(15)28-29)23(31)27-18-5-3-4-6-21(18)33-2/h3-11,17,26H,12-13H2,1-2H3,(H,27,31)/t17-/m0/s1.